The summed E-state index contributed by atoms with van der Waals surface area (Å²) in [7, 11) is -3.80. The van der Waals surface area contributed by atoms with Gasteiger partial charge in [-0.1, -0.05) is 23.7 Å². The lowest BCUT2D eigenvalue weighted by Gasteiger charge is -2.13. The Morgan fingerprint density at radius 1 is 1.17 bits per heavy atom. The Morgan fingerprint density at radius 3 is 2.40 bits per heavy atom. The third-order valence-electron chi connectivity index (χ3n) is 4.31. The van der Waals surface area contributed by atoms with Crippen LogP contribution >= 0.6 is 11.6 Å². The molecule has 0 fully saturated rings. The van der Waals surface area contributed by atoms with E-state index in [0.717, 1.165) is 0 Å². The number of primary sulfonamides is 1. The maximum Gasteiger partial charge on any atom is 0.287 e. The number of nitrogens with one attached hydrogen (secondary N) is 1. The number of amides is 1. The van der Waals surface area contributed by atoms with E-state index in [1.54, 1.807) is 19.1 Å². The van der Waals surface area contributed by atoms with Crippen molar-refractivity contribution in [2.24, 2.45) is 5.14 Å². The summed E-state index contributed by atoms with van der Waals surface area (Å²) in [6.45, 7) is 1.72. The normalized spacial score (nSPS) is 12.4. The number of hydrogen-bond acceptors (Lipinski definition) is 6. The molecule has 1 aromatic heterocycles. The average molecular weight is 450 g/mol. The Bertz CT molecular complexity index is 1220. The summed E-state index contributed by atoms with van der Waals surface area (Å²) in [6.07, 6.45) is 0. The molecule has 0 aliphatic carbocycles. The zero-order chi connectivity index (χ0) is 22.1. The second-order valence-electron chi connectivity index (χ2n) is 6.39. The van der Waals surface area contributed by atoms with E-state index in [1.807, 2.05) is 0 Å². The van der Waals surface area contributed by atoms with Crippen molar-refractivity contribution in [3.05, 3.63) is 81.1 Å². The largest absolute Gasteiger partial charge is 0.451 e. The van der Waals surface area contributed by atoms with Gasteiger partial charge in [0.1, 0.15) is 5.76 Å². The summed E-state index contributed by atoms with van der Waals surface area (Å²) in [5, 5.41) is 18.7. The molecule has 0 bridgehead atoms. The van der Waals surface area contributed by atoms with Gasteiger partial charge in [-0.2, -0.15) is 0 Å². The molecule has 0 aliphatic heterocycles. The number of sulfonamides is 1. The van der Waals surface area contributed by atoms with E-state index in [-0.39, 0.29) is 27.1 Å². The molecule has 2 aromatic carbocycles. The quantitative estimate of drug-likeness (QED) is 0.433. The molecule has 0 spiro atoms. The van der Waals surface area contributed by atoms with Gasteiger partial charge >= 0.3 is 0 Å². The fraction of sp³-hybridized carbons (Fsp3) is 0.105. The number of benzene rings is 2. The highest BCUT2D eigenvalue weighted by molar-refractivity contribution is 7.89. The summed E-state index contributed by atoms with van der Waals surface area (Å²) >= 11 is 6.09. The predicted octanol–water partition coefficient (Wildman–Crippen LogP) is 3.65. The van der Waals surface area contributed by atoms with Gasteiger partial charge in [0.2, 0.25) is 10.0 Å². The van der Waals surface area contributed by atoms with E-state index in [2.05, 4.69) is 5.32 Å². The number of nitro benzene ring substituents is 1. The van der Waals surface area contributed by atoms with Gasteiger partial charge in [-0.25, -0.2) is 13.6 Å². The van der Waals surface area contributed by atoms with Crippen LogP contribution in [0.2, 0.25) is 5.02 Å². The number of hydrogen-bond donors (Lipinski definition) is 2. The molecule has 11 heteroatoms. The van der Waals surface area contributed by atoms with Crippen LogP contribution in [-0.2, 0) is 10.0 Å². The minimum atomic E-state index is -3.80. The lowest BCUT2D eigenvalue weighted by atomic mass is 10.1. The van der Waals surface area contributed by atoms with Crippen LogP contribution in [0.5, 0.6) is 0 Å². The zero-order valence-electron chi connectivity index (χ0n) is 15.5. The van der Waals surface area contributed by atoms with Gasteiger partial charge in [0, 0.05) is 17.7 Å². The van der Waals surface area contributed by atoms with Gasteiger partial charge in [0.15, 0.2) is 5.76 Å². The summed E-state index contributed by atoms with van der Waals surface area (Å²) in [5.41, 5.74) is 0.921. The highest BCUT2D eigenvalue weighted by Gasteiger charge is 2.18. The third kappa shape index (κ3) is 4.67. The number of non-ortho nitro benzene ring substituents is 1. The van der Waals surface area contributed by atoms with Crippen LogP contribution in [-0.4, -0.2) is 19.2 Å². The maximum atomic E-state index is 12.5. The first-order valence-electron chi connectivity index (χ1n) is 8.54. The number of nitrogens with zero attached hydrogens (tertiary/aromatic N) is 1. The molecule has 3 aromatic rings. The number of nitrogens with two attached hydrogens (primary N) is 1. The summed E-state index contributed by atoms with van der Waals surface area (Å²) in [4.78, 5) is 22.7. The highest BCUT2D eigenvalue weighted by atomic mass is 35.5. The summed E-state index contributed by atoms with van der Waals surface area (Å²) in [6, 6.07) is 12.3. The average Bonchev–Trinajstić information content (AvgIpc) is 3.17. The molecule has 1 heterocycles. The first-order valence-corrected chi connectivity index (χ1v) is 10.5. The fourth-order valence-corrected chi connectivity index (χ4v) is 3.50. The van der Waals surface area contributed by atoms with E-state index >= 15 is 0 Å². The van der Waals surface area contributed by atoms with Gasteiger partial charge in [0.25, 0.3) is 11.6 Å². The van der Waals surface area contributed by atoms with Gasteiger partial charge in [-0.05, 0) is 42.8 Å². The molecule has 9 nitrogen and oxygen atoms in total. The molecule has 0 radical (unpaired) electrons. The Hall–Kier alpha value is -3.21. The molecule has 0 unspecified atom stereocenters. The second kappa shape index (κ2) is 8.27. The van der Waals surface area contributed by atoms with Crippen LogP contribution < -0.4 is 10.5 Å². The Kier molecular flexibility index (Phi) is 5.92. The van der Waals surface area contributed by atoms with Gasteiger partial charge in [-0.3, -0.25) is 14.9 Å². The van der Waals surface area contributed by atoms with Crippen molar-refractivity contribution >= 4 is 33.2 Å². The lowest BCUT2D eigenvalue weighted by Crippen LogP contribution is -2.26. The first kappa shape index (κ1) is 21.5. The van der Waals surface area contributed by atoms with E-state index in [0.29, 0.717) is 11.1 Å². The number of rotatable bonds is 6. The van der Waals surface area contributed by atoms with Gasteiger partial charge in [0.05, 0.1) is 20.9 Å². The van der Waals surface area contributed by atoms with E-state index in [1.165, 1.54) is 42.5 Å². The third-order valence-corrected chi connectivity index (χ3v) is 5.56. The van der Waals surface area contributed by atoms with Crippen LogP contribution in [0.4, 0.5) is 5.69 Å². The van der Waals surface area contributed by atoms with Crippen molar-refractivity contribution < 1.29 is 22.6 Å². The SMILES string of the molecule is C[C@@H](NC(=O)c1ccc(-c2ccc([N+](=O)[O-])cc2Cl)o1)c1ccc(S(N)(=O)=O)cc1. The molecule has 3 N–H and O–H groups in total. The van der Waals surface area contributed by atoms with Gasteiger partial charge < -0.3 is 9.73 Å². The Labute approximate surface area is 176 Å². The molecular formula is C19H16ClN3O6S. The highest BCUT2D eigenvalue weighted by Crippen LogP contribution is 2.32. The monoisotopic (exact) mass is 449 g/mol. The topological polar surface area (TPSA) is 146 Å². The number of furan rings is 1. The van der Waals surface area contributed by atoms with Crippen molar-refractivity contribution in [1.29, 1.82) is 0 Å². The molecule has 3 rings (SSSR count). The molecule has 156 valence electrons. The minimum absolute atomic E-state index is 0.0208. The van der Waals surface area contributed by atoms with Crippen LogP contribution in [0.25, 0.3) is 11.3 Å². The first-order chi connectivity index (χ1) is 14.1. The van der Waals surface area contributed by atoms with E-state index in [4.69, 9.17) is 21.2 Å². The molecule has 0 saturated heterocycles. The molecular weight excluding hydrogens is 434 g/mol. The predicted molar refractivity (Wildman–Crippen MR) is 110 cm³/mol. The molecule has 0 saturated carbocycles. The van der Waals surface area contributed by atoms with E-state index < -0.39 is 26.9 Å². The standard InChI is InChI=1S/C19H16ClN3O6S/c1-11(12-2-5-14(6-3-12)30(21,27)28)22-19(24)18-9-8-17(29-18)15-7-4-13(23(25)26)10-16(15)20/h2-11H,1H3,(H,22,24)(H2,21,27,28)/t11-/m1/s1. The number of carbonyl (C=O) groups is 1. The Balaban J connectivity index is 1.74. The number of halogens is 1. The zero-order valence-corrected chi connectivity index (χ0v) is 17.1. The van der Waals surface area contributed by atoms with Crippen LogP contribution in [0.1, 0.15) is 29.1 Å². The lowest BCUT2D eigenvalue weighted by molar-refractivity contribution is -0.384. The van der Waals surface area contributed by atoms with Crippen molar-refractivity contribution in [3.63, 3.8) is 0 Å². The van der Waals surface area contributed by atoms with Gasteiger partial charge in [-0.15, -0.1) is 0 Å². The van der Waals surface area contributed by atoms with Crippen LogP contribution in [0.3, 0.4) is 0 Å². The van der Waals surface area contributed by atoms with Crippen molar-refractivity contribution in [2.45, 2.75) is 17.9 Å². The van der Waals surface area contributed by atoms with Crippen LogP contribution in [0, 0.1) is 10.1 Å². The molecule has 1 amide bonds. The van der Waals surface area contributed by atoms with Crippen molar-refractivity contribution in [2.75, 3.05) is 0 Å². The molecule has 1 atom stereocenters. The maximum absolute atomic E-state index is 12.5. The summed E-state index contributed by atoms with van der Waals surface area (Å²) in [5.74, 6) is -0.195. The van der Waals surface area contributed by atoms with Crippen LogP contribution in [0.15, 0.2) is 63.9 Å². The number of nitro groups is 1. The fourth-order valence-electron chi connectivity index (χ4n) is 2.72. The Morgan fingerprint density at radius 2 is 1.83 bits per heavy atom. The van der Waals surface area contributed by atoms with E-state index in [9.17, 15) is 23.3 Å². The molecule has 0 aliphatic rings. The second-order valence-corrected chi connectivity index (χ2v) is 8.36. The van der Waals surface area contributed by atoms with Crippen molar-refractivity contribution in [1.82, 2.24) is 5.32 Å². The van der Waals surface area contributed by atoms with Crippen molar-refractivity contribution in [3.8, 4) is 11.3 Å². The number of carbonyl (C=O) groups excluding carboxylic acids is 1. The smallest absolute Gasteiger partial charge is 0.287 e. The minimum Gasteiger partial charge on any atom is -0.451 e. The summed E-state index contributed by atoms with van der Waals surface area (Å²) < 4.78 is 28.2. The molecule has 30 heavy (non-hydrogen) atoms.